The Labute approximate surface area is 118 Å². The van der Waals surface area contributed by atoms with Gasteiger partial charge in [0.05, 0.1) is 0 Å². The lowest BCUT2D eigenvalue weighted by atomic mass is 10.3. The fraction of sp³-hybridized carbons (Fsp3) is 0.538. The number of nitrogens with one attached hydrogen (secondary N) is 1. The van der Waals surface area contributed by atoms with E-state index in [0.29, 0.717) is 17.2 Å². The summed E-state index contributed by atoms with van der Waals surface area (Å²) in [6.45, 7) is 10.3. The molecule has 0 aliphatic heterocycles. The molecule has 0 saturated heterocycles. The molecule has 1 rings (SSSR count). The van der Waals surface area contributed by atoms with E-state index in [4.69, 9.17) is 5.73 Å². The molecular weight excluding hydrogens is 260 g/mol. The van der Waals surface area contributed by atoms with Crippen LogP contribution in [0, 0.1) is 0 Å². The average Bonchev–Trinajstić information content (AvgIpc) is 2.72. The molecule has 0 fully saturated rings. The number of carbonyl (C=O) groups excluding carboxylic acids is 1. The van der Waals surface area contributed by atoms with Crippen molar-refractivity contribution in [1.82, 2.24) is 10.3 Å². The standard InChI is InChI=1S/C13H22N4OS/c1-5-17(6-2)13-16-11(14)10(19-13)12(18)15-8-7-9(3)4/h7H,5-6,8,14H2,1-4H3,(H,15,18). The zero-order valence-corrected chi connectivity index (χ0v) is 12.8. The number of hydrogen-bond acceptors (Lipinski definition) is 5. The first-order valence-corrected chi connectivity index (χ1v) is 7.24. The van der Waals surface area contributed by atoms with Gasteiger partial charge in [-0.25, -0.2) is 4.98 Å². The third-order valence-corrected chi connectivity index (χ3v) is 3.79. The van der Waals surface area contributed by atoms with Crippen molar-refractivity contribution in [1.29, 1.82) is 0 Å². The third kappa shape index (κ3) is 4.24. The van der Waals surface area contributed by atoms with Crippen LogP contribution in [0.25, 0.3) is 0 Å². The second-order valence-corrected chi connectivity index (χ2v) is 5.35. The lowest BCUT2D eigenvalue weighted by Crippen LogP contribution is -2.23. The van der Waals surface area contributed by atoms with Crippen LogP contribution in [0.4, 0.5) is 10.9 Å². The number of carbonyl (C=O) groups is 1. The minimum atomic E-state index is -0.161. The molecule has 0 radical (unpaired) electrons. The van der Waals surface area contributed by atoms with Gasteiger partial charge in [0.25, 0.3) is 5.91 Å². The van der Waals surface area contributed by atoms with Gasteiger partial charge in [-0.2, -0.15) is 0 Å². The van der Waals surface area contributed by atoms with E-state index in [1.54, 1.807) is 0 Å². The number of amides is 1. The van der Waals surface area contributed by atoms with Crippen molar-refractivity contribution in [3.05, 3.63) is 16.5 Å². The van der Waals surface area contributed by atoms with E-state index in [0.717, 1.165) is 18.2 Å². The van der Waals surface area contributed by atoms with Crippen molar-refractivity contribution < 1.29 is 4.79 Å². The fourth-order valence-electron chi connectivity index (χ4n) is 1.54. The van der Waals surface area contributed by atoms with Crippen molar-refractivity contribution >= 4 is 28.2 Å². The number of nitrogen functional groups attached to an aromatic ring is 1. The van der Waals surface area contributed by atoms with E-state index in [1.165, 1.54) is 16.9 Å². The molecule has 0 aliphatic rings. The van der Waals surface area contributed by atoms with Crippen LogP contribution in [0.15, 0.2) is 11.6 Å². The topological polar surface area (TPSA) is 71.2 Å². The van der Waals surface area contributed by atoms with Crippen LogP contribution in [0.1, 0.15) is 37.4 Å². The highest BCUT2D eigenvalue weighted by Crippen LogP contribution is 2.27. The van der Waals surface area contributed by atoms with Crippen molar-refractivity contribution in [3.8, 4) is 0 Å². The third-order valence-electron chi connectivity index (χ3n) is 2.66. The van der Waals surface area contributed by atoms with Gasteiger partial charge in [-0.05, 0) is 27.7 Å². The number of rotatable bonds is 6. The molecule has 0 unspecified atom stereocenters. The second kappa shape index (κ2) is 7.13. The molecule has 6 heteroatoms. The smallest absolute Gasteiger partial charge is 0.265 e. The van der Waals surface area contributed by atoms with Gasteiger partial charge in [0.2, 0.25) is 0 Å². The largest absolute Gasteiger partial charge is 0.382 e. The molecule has 1 aromatic heterocycles. The first-order chi connectivity index (χ1) is 8.99. The molecule has 0 bridgehead atoms. The zero-order chi connectivity index (χ0) is 14.4. The van der Waals surface area contributed by atoms with Crippen molar-refractivity contribution in [3.63, 3.8) is 0 Å². The highest BCUT2D eigenvalue weighted by Gasteiger charge is 2.17. The van der Waals surface area contributed by atoms with Crippen LogP contribution >= 0.6 is 11.3 Å². The lowest BCUT2D eigenvalue weighted by Gasteiger charge is -2.16. The molecule has 19 heavy (non-hydrogen) atoms. The Morgan fingerprint density at radius 1 is 1.42 bits per heavy atom. The van der Waals surface area contributed by atoms with Gasteiger partial charge in [-0.1, -0.05) is 23.0 Å². The Hall–Kier alpha value is -1.56. The lowest BCUT2D eigenvalue weighted by molar-refractivity contribution is 0.0962. The maximum Gasteiger partial charge on any atom is 0.265 e. The SMILES string of the molecule is CCN(CC)c1nc(N)c(C(=O)NCC=C(C)C)s1. The quantitative estimate of drug-likeness (QED) is 0.785. The van der Waals surface area contributed by atoms with Crippen molar-refractivity contribution in [2.75, 3.05) is 30.3 Å². The van der Waals surface area contributed by atoms with Crippen LogP contribution in [0.2, 0.25) is 0 Å². The summed E-state index contributed by atoms with van der Waals surface area (Å²) in [6.07, 6.45) is 1.96. The molecule has 1 amide bonds. The van der Waals surface area contributed by atoms with Crippen LogP contribution in [-0.4, -0.2) is 30.5 Å². The number of anilines is 2. The normalized spacial score (nSPS) is 10.1. The maximum absolute atomic E-state index is 12.0. The molecule has 0 aliphatic carbocycles. The van der Waals surface area contributed by atoms with Gasteiger partial charge in [0.15, 0.2) is 5.13 Å². The van der Waals surface area contributed by atoms with Gasteiger partial charge in [0, 0.05) is 19.6 Å². The maximum atomic E-state index is 12.0. The van der Waals surface area contributed by atoms with E-state index >= 15 is 0 Å². The first kappa shape index (κ1) is 15.5. The van der Waals surface area contributed by atoms with E-state index in [9.17, 15) is 4.79 Å². The summed E-state index contributed by atoms with van der Waals surface area (Å²) in [4.78, 5) is 18.8. The zero-order valence-electron chi connectivity index (χ0n) is 12.0. The summed E-state index contributed by atoms with van der Waals surface area (Å²) in [5.74, 6) is 0.146. The predicted molar refractivity (Wildman–Crippen MR) is 81.9 cm³/mol. The highest BCUT2D eigenvalue weighted by atomic mass is 32.1. The van der Waals surface area contributed by atoms with Gasteiger partial charge in [-0.3, -0.25) is 4.79 Å². The summed E-state index contributed by atoms with van der Waals surface area (Å²) in [6, 6.07) is 0. The van der Waals surface area contributed by atoms with Gasteiger partial charge >= 0.3 is 0 Å². The summed E-state index contributed by atoms with van der Waals surface area (Å²) in [5, 5.41) is 3.62. The molecular formula is C13H22N4OS. The van der Waals surface area contributed by atoms with Gasteiger partial charge < -0.3 is 16.0 Å². The molecule has 3 N–H and O–H groups in total. The van der Waals surface area contributed by atoms with E-state index in [2.05, 4.69) is 29.0 Å². The summed E-state index contributed by atoms with van der Waals surface area (Å²) >= 11 is 1.34. The Kier molecular flexibility index (Phi) is 5.82. The van der Waals surface area contributed by atoms with Crippen LogP contribution < -0.4 is 16.0 Å². The molecule has 5 nitrogen and oxygen atoms in total. The molecule has 106 valence electrons. The Morgan fingerprint density at radius 3 is 2.58 bits per heavy atom. The Balaban J connectivity index is 2.78. The predicted octanol–water partition coefficient (Wildman–Crippen LogP) is 2.27. The summed E-state index contributed by atoms with van der Waals surface area (Å²) in [5.41, 5.74) is 6.99. The summed E-state index contributed by atoms with van der Waals surface area (Å²) < 4.78 is 0. The van der Waals surface area contributed by atoms with Crippen molar-refractivity contribution in [2.45, 2.75) is 27.7 Å². The van der Waals surface area contributed by atoms with Gasteiger partial charge in [-0.15, -0.1) is 0 Å². The molecule has 0 spiro atoms. The van der Waals surface area contributed by atoms with E-state index < -0.39 is 0 Å². The summed E-state index contributed by atoms with van der Waals surface area (Å²) in [7, 11) is 0. The van der Waals surface area contributed by atoms with E-state index in [-0.39, 0.29) is 5.91 Å². The molecule has 0 aromatic carbocycles. The van der Waals surface area contributed by atoms with Crippen molar-refractivity contribution in [2.24, 2.45) is 0 Å². The minimum absolute atomic E-state index is 0.161. The second-order valence-electron chi connectivity index (χ2n) is 4.37. The fourth-order valence-corrected chi connectivity index (χ4v) is 2.57. The number of allylic oxidation sites excluding steroid dienone is 1. The number of nitrogens with two attached hydrogens (primary N) is 1. The molecule has 1 heterocycles. The number of nitrogens with zero attached hydrogens (tertiary/aromatic N) is 2. The number of aromatic nitrogens is 1. The first-order valence-electron chi connectivity index (χ1n) is 6.42. The molecule has 0 saturated carbocycles. The molecule has 1 aromatic rings. The van der Waals surface area contributed by atoms with Gasteiger partial charge in [0.1, 0.15) is 10.7 Å². The monoisotopic (exact) mass is 282 g/mol. The molecule has 0 atom stereocenters. The minimum Gasteiger partial charge on any atom is -0.382 e. The number of thiazole rings is 1. The van der Waals surface area contributed by atoms with E-state index in [1.807, 2.05) is 19.9 Å². The average molecular weight is 282 g/mol. The van der Waals surface area contributed by atoms with Crippen LogP contribution in [-0.2, 0) is 0 Å². The number of hydrogen-bond donors (Lipinski definition) is 2. The highest BCUT2D eigenvalue weighted by molar-refractivity contribution is 7.18. The van der Waals surface area contributed by atoms with Crippen LogP contribution in [0.3, 0.4) is 0 Å². The Morgan fingerprint density at radius 2 is 2.05 bits per heavy atom. The van der Waals surface area contributed by atoms with Crippen LogP contribution in [0.5, 0.6) is 0 Å². The Bertz CT molecular complexity index is 459.